The lowest BCUT2D eigenvalue weighted by molar-refractivity contribution is -0.254. The summed E-state index contributed by atoms with van der Waals surface area (Å²) in [5.74, 6) is -2.56. The lowest BCUT2D eigenvalue weighted by Crippen LogP contribution is -2.71. The first-order valence-corrected chi connectivity index (χ1v) is 20.0. The molecular formula is C40H50O12. The number of hydrogen-bond acceptors (Lipinski definition) is 12. The molecule has 6 heterocycles. The number of aliphatic hydroxyl groups is 3. The number of esters is 2. The predicted octanol–water partition coefficient (Wildman–Crippen LogP) is 2.54. The van der Waals surface area contributed by atoms with Crippen molar-refractivity contribution in [2.45, 2.75) is 128 Å². The van der Waals surface area contributed by atoms with Gasteiger partial charge < -0.3 is 43.7 Å². The van der Waals surface area contributed by atoms with Crippen molar-refractivity contribution < 1.29 is 58.1 Å². The van der Waals surface area contributed by atoms with Crippen molar-refractivity contribution >= 4 is 17.7 Å². The lowest BCUT2D eigenvalue weighted by atomic mass is 9.43. The molecule has 6 aliphatic carbocycles. The number of fused-ring (bicyclic) bond motifs is 4. The summed E-state index contributed by atoms with van der Waals surface area (Å²) in [5, 5.41) is 34.8. The van der Waals surface area contributed by atoms with E-state index in [0.717, 1.165) is 12.0 Å². The third kappa shape index (κ3) is 3.05. The largest absolute Gasteiger partial charge is 0.482 e. The van der Waals surface area contributed by atoms with Crippen LogP contribution in [0.3, 0.4) is 0 Å². The molecule has 3 N–H and O–H groups in total. The van der Waals surface area contributed by atoms with E-state index >= 15 is 4.79 Å². The fraction of sp³-hybridized carbons (Fsp3) is 0.875. The Labute approximate surface area is 302 Å². The van der Waals surface area contributed by atoms with Crippen molar-refractivity contribution in [3.63, 3.8) is 0 Å². The Morgan fingerprint density at radius 3 is 2.31 bits per heavy atom. The summed E-state index contributed by atoms with van der Waals surface area (Å²) < 4.78 is 38.8. The van der Waals surface area contributed by atoms with Crippen LogP contribution in [-0.4, -0.2) is 95.5 Å². The minimum atomic E-state index is -1.48. The number of allylic oxidation sites excluding steroid dienone is 1. The van der Waals surface area contributed by atoms with Crippen LogP contribution in [0.25, 0.3) is 0 Å². The summed E-state index contributed by atoms with van der Waals surface area (Å²) in [6.45, 7) is 7.15. The molecule has 5 saturated heterocycles. The molecule has 12 rings (SSSR count). The van der Waals surface area contributed by atoms with Crippen molar-refractivity contribution in [2.24, 2.45) is 68.0 Å². The second-order valence-electron chi connectivity index (χ2n) is 20.3. The summed E-state index contributed by atoms with van der Waals surface area (Å²) in [7, 11) is 0. The van der Waals surface area contributed by atoms with E-state index in [-0.39, 0.29) is 54.4 Å². The van der Waals surface area contributed by atoms with E-state index in [2.05, 4.69) is 6.92 Å². The van der Waals surface area contributed by atoms with Gasteiger partial charge >= 0.3 is 11.9 Å². The van der Waals surface area contributed by atoms with Gasteiger partial charge in [-0.2, -0.15) is 0 Å². The highest BCUT2D eigenvalue weighted by Gasteiger charge is 2.85. The third-order valence-corrected chi connectivity index (χ3v) is 18.4. The zero-order chi connectivity index (χ0) is 35.7. The highest BCUT2D eigenvalue weighted by Crippen LogP contribution is 2.77. The average molecular weight is 723 g/mol. The van der Waals surface area contributed by atoms with Gasteiger partial charge in [-0.15, -0.1) is 0 Å². The van der Waals surface area contributed by atoms with Gasteiger partial charge in [-0.1, -0.05) is 20.8 Å². The minimum Gasteiger partial charge on any atom is -0.482 e. The van der Waals surface area contributed by atoms with Crippen molar-refractivity contribution in [1.82, 2.24) is 0 Å². The summed E-state index contributed by atoms with van der Waals surface area (Å²) in [5.41, 5.74) is -5.47. The maximum atomic E-state index is 15.6. The molecule has 18 atom stereocenters. The highest BCUT2D eigenvalue weighted by atomic mass is 16.7. The number of ether oxygens (including phenoxy) is 6. The van der Waals surface area contributed by atoms with Crippen molar-refractivity contribution in [1.29, 1.82) is 0 Å². The van der Waals surface area contributed by atoms with E-state index in [4.69, 9.17) is 28.4 Å². The molecule has 12 nitrogen and oxygen atoms in total. The van der Waals surface area contributed by atoms with E-state index in [1.54, 1.807) is 0 Å². The van der Waals surface area contributed by atoms with Gasteiger partial charge in [0.25, 0.3) is 0 Å². The third-order valence-electron chi connectivity index (χ3n) is 18.4. The summed E-state index contributed by atoms with van der Waals surface area (Å²) in [4.78, 5) is 44.9. The molecule has 12 aliphatic rings. The van der Waals surface area contributed by atoms with Crippen molar-refractivity contribution in [2.75, 3.05) is 19.8 Å². The molecule has 0 aromatic heterocycles. The number of hydrogen-bond donors (Lipinski definition) is 3. The second kappa shape index (κ2) is 9.29. The number of rotatable bonds is 0. The van der Waals surface area contributed by atoms with Gasteiger partial charge in [0.05, 0.1) is 32.0 Å². The topological polar surface area (TPSA) is 167 Å². The quantitative estimate of drug-likeness (QED) is 0.248. The molecular weight excluding hydrogens is 672 g/mol. The number of ketones is 1. The zero-order valence-corrected chi connectivity index (χ0v) is 30.1. The summed E-state index contributed by atoms with van der Waals surface area (Å²) >= 11 is 0. The summed E-state index contributed by atoms with van der Waals surface area (Å²) in [6.07, 6.45) is 0.919. The van der Waals surface area contributed by atoms with Crippen molar-refractivity contribution in [3.8, 4) is 0 Å². The molecule has 6 aliphatic heterocycles. The Kier molecular flexibility index (Phi) is 5.75. The standard InChI is InChI=1S/C40H50O12/c1-34(2)22(42)11-24-38(15-47-29(43)26(34)38)21-5-4-18-13-36(21,32(45)51-24)31(44)40(18)9-6-19-17-10-20(41)25-37(12-17,28(19)52-40)33(46)50-23-7-8-35(3)14-48-30-27(35)39(23,25)16-49-30/h17-18,20-27,29-30,41-43H,4-16H2,1-3H3/t17-,18-,20-,21-,22+,23+,24+,25-,26-,27-,29-,30+,35+,36+,37+,38-,39+,40+/m1/s1. The van der Waals surface area contributed by atoms with E-state index in [1.165, 1.54) is 0 Å². The van der Waals surface area contributed by atoms with E-state index in [1.807, 2.05) is 13.8 Å². The maximum absolute atomic E-state index is 15.6. The summed E-state index contributed by atoms with van der Waals surface area (Å²) in [6, 6.07) is 0. The number of Topliss-reactive ketones (excluding diaryl/α,β-unsaturated/α-hetero) is 1. The Balaban J connectivity index is 0.973. The Morgan fingerprint density at radius 1 is 0.731 bits per heavy atom. The Morgan fingerprint density at radius 2 is 1.48 bits per heavy atom. The SMILES string of the molecule is CC1(C)[C@H]2[C@H](O)OC[C@@]23[C@H](C[C@@H]1O)OC(=O)[C@@]12C[C@@H](CC[C@H]13)[C@@]1(CCC3=C(O1)[C@]14C[C@H]3C[C@@H](O)[C@H]1[C@]13CO[C@@H]5OC[C@](C)(CC[C@@H]1OC4=O)[C@@H]53)C2=O. The lowest BCUT2D eigenvalue weighted by Gasteiger charge is -2.62. The van der Waals surface area contributed by atoms with Crippen LogP contribution in [0.15, 0.2) is 11.3 Å². The fourth-order valence-electron chi connectivity index (χ4n) is 16.6. The minimum absolute atomic E-state index is 0.0477. The van der Waals surface area contributed by atoms with Crippen LogP contribution in [0, 0.1) is 68.0 Å². The highest BCUT2D eigenvalue weighted by molar-refractivity contribution is 6.11. The van der Waals surface area contributed by atoms with Gasteiger partial charge in [0.2, 0.25) is 0 Å². The molecule has 52 heavy (non-hydrogen) atoms. The van der Waals surface area contributed by atoms with E-state index in [9.17, 15) is 24.9 Å². The van der Waals surface area contributed by atoms with Crippen LogP contribution < -0.4 is 0 Å². The van der Waals surface area contributed by atoms with Crippen LogP contribution in [0.1, 0.15) is 85.0 Å². The fourth-order valence-corrected chi connectivity index (χ4v) is 16.6. The number of aliphatic hydroxyl groups excluding tert-OH is 3. The number of carbonyl (C=O) groups is 3. The Bertz CT molecular complexity index is 1770. The molecule has 0 aromatic carbocycles. The molecule has 5 saturated carbocycles. The van der Waals surface area contributed by atoms with Crippen LogP contribution in [0.5, 0.6) is 0 Å². The maximum Gasteiger partial charge on any atom is 0.320 e. The van der Waals surface area contributed by atoms with Crippen LogP contribution in [0.2, 0.25) is 0 Å². The van der Waals surface area contributed by atoms with Gasteiger partial charge in [-0.25, -0.2) is 0 Å². The van der Waals surface area contributed by atoms with Gasteiger partial charge in [0.15, 0.2) is 24.0 Å². The molecule has 10 fully saturated rings. The molecule has 0 amide bonds. The van der Waals surface area contributed by atoms with Gasteiger partial charge in [0.1, 0.15) is 28.8 Å². The van der Waals surface area contributed by atoms with Crippen LogP contribution >= 0.6 is 0 Å². The van der Waals surface area contributed by atoms with Crippen LogP contribution in [0.4, 0.5) is 0 Å². The smallest absolute Gasteiger partial charge is 0.320 e. The average Bonchev–Trinajstić information content (AvgIpc) is 3.87. The molecule has 4 bridgehead atoms. The first-order valence-electron chi connectivity index (χ1n) is 20.0. The predicted molar refractivity (Wildman–Crippen MR) is 174 cm³/mol. The van der Waals surface area contributed by atoms with Gasteiger partial charge in [-0.05, 0) is 86.0 Å². The Hall–Kier alpha value is -2.09. The molecule has 0 unspecified atom stereocenters. The zero-order valence-electron chi connectivity index (χ0n) is 30.1. The molecule has 0 aromatic rings. The molecule has 12 heteroatoms. The van der Waals surface area contributed by atoms with Gasteiger partial charge in [-0.3, -0.25) is 14.4 Å². The number of carbonyl (C=O) groups excluding carboxylic acids is 3. The second-order valence-corrected chi connectivity index (χ2v) is 20.3. The van der Waals surface area contributed by atoms with E-state index in [0.29, 0.717) is 63.9 Å². The van der Waals surface area contributed by atoms with Crippen molar-refractivity contribution in [3.05, 3.63) is 11.3 Å². The normalized spacial score (nSPS) is 61.2. The first kappa shape index (κ1) is 32.2. The monoisotopic (exact) mass is 722 g/mol. The molecule has 5 spiro atoms. The van der Waals surface area contributed by atoms with Gasteiger partial charge in [0, 0.05) is 40.9 Å². The van der Waals surface area contributed by atoms with E-state index < -0.39 is 93.4 Å². The molecule has 0 radical (unpaired) electrons. The molecule has 282 valence electrons. The van der Waals surface area contributed by atoms with Crippen LogP contribution in [-0.2, 0) is 42.8 Å². The first-order chi connectivity index (χ1) is 24.7.